The summed E-state index contributed by atoms with van der Waals surface area (Å²) in [5.74, 6) is 5.93. The minimum absolute atomic E-state index is 0.00603. The molecule has 0 spiro atoms. The normalized spacial score (nSPS) is 14.0. The quantitative estimate of drug-likeness (QED) is 0.107. The van der Waals surface area contributed by atoms with Crippen LogP contribution in [0, 0.1) is 0 Å². The van der Waals surface area contributed by atoms with Crippen molar-refractivity contribution in [3.8, 4) is 11.3 Å². The van der Waals surface area contributed by atoms with E-state index in [1.807, 2.05) is 34.6 Å². The van der Waals surface area contributed by atoms with E-state index in [1.165, 1.54) is 43.1 Å². The van der Waals surface area contributed by atoms with Gasteiger partial charge in [-0.2, -0.15) is 18.3 Å². The van der Waals surface area contributed by atoms with Gasteiger partial charge in [0.1, 0.15) is 17.5 Å². The number of amides is 1. The Balaban J connectivity index is 0.000000691. The predicted octanol–water partition coefficient (Wildman–Crippen LogP) is 6.43. The lowest BCUT2D eigenvalue weighted by atomic mass is 9.99. The van der Waals surface area contributed by atoms with E-state index in [4.69, 9.17) is 5.84 Å². The Morgan fingerprint density at radius 1 is 1.07 bits per heavy atom. The van der Waals surface area contributed by atoms with Gasteiger partial charge in [0.05, 0.1) is 36.2 Å². The maximum atomic E-state index is 13.8. The Morgan fingerprint density at radius 2 is 1.69 bits per heavy atom. The Morgan fingerprint density at radius 3 is 2.20 bits per heavy atom. The van der Waals surface area contributed by atoms with Crippen LogP contribution < -0.4 is 21.5 Å². The summed E-state index contributed by atoms with van der Waals surface area (Å²) < 4.78 is 43.0. The summed E-state index contributed by atoms with van der Waals surface area (Å²) in [5, 5.41) is 16.8. The highest BCUT2D eigenvalue weighted by Crippen LogP contribution is 2.40. The number of benzene rings is 1. The number of carbonyl (C=O) groups is 1. The van der Waals surface area contributed by atoms with Gasteiger partial charge in [-0.1, -0.05) is 59.8 Å². The largest absolute Gasteiger partial charge is 0.416 e. The number of fused-ring (bicyclic) bond motifs is 1. The summed E-state index contributed by atoms with van der Waals surface area (Å²) in [6, 6.07) is 5.51. The molecule has 1 aliphatic carbocycles. The number of aryl methyl sites for hydroxylation is 1. The number of nitrogens with one attached hydrogen (secondary N) is 2. The van der Waals surface area contributed by atoms with Crippen LogP contribution in [0.1, 0.15) is 99.3 Å². The molecule has 45 heavy (non-hydrogen) atoms. The maximum Gasteiger partial charge on any atom is 0.416 e. The molecule has 0 unspecified atom stereocenters. The fourth-order valence-corrected chi connectivity index (χ4v) is 5.16. The van der Waals surface area contributed by atoms with Crippen molar-refractivity contribution in [2.45, 2.75) is 86.1 Å². The first kappa shape index (κ1) is 37.2. The summed E-state index contributed by atoms with van der Waals surface area (Å²) in [6.45, 7) is 9.45. The minimum atomic E-state index is -4.69. The van der Waals surface area contributed by atoms with E-state index >= 15 is 0 Å². The van der Waals surface area contributed by atoms with Gasteiger partial charge in [0.2, 0.25) is 0 Å². The van der Waals surface area contributed by atoms with Crippen molar-refractivity contribution >= 4 is 23.4 Å². The zero-order valence-corrected chi connectivity index (χ0v) is 27.3. The van der Waals surface area contributed by atoms with Gasteiger partial charge in [0, 0.05) is 31.8 Å². The molecule has 5 rings (SSSR count). The number of carbonyl (C=O) groups excluding carboxylic acids is 1. The van der Waals surface area contributed by atoms with Gasteiger partial charge in [-0.25, -0.2) is 10.8 Å². The lowest BCUT2D eigenvalue weighted by Gasteiger charge is -2.19. The third kappa shape index (κ3) is 8.82. The van der Waals surface area contributed by atoms with Gasteiger partial charge >= 0.3 is 6.18 Å². The number of rotatable bonds is 6. The fourth-order valence-electron chi connectivity index (χ4n) is 5.16. The number of aliphatic hydroxyl groups excluding tert-OH is 1. The molecule has 0 bridgehead atoms. The highest BCUT2D eigenvalue weighted by atomic mass is 19.4. The molecular formula is C32H47F3N8O2. The molecule has 1 saturated carbocycles. The van der Waals surface area contributed by atoms with Crippen LogP contribution >= 0.6 is 0 Å². The Labute approximate surface area is 263 Å². The number of aliphatic imine (C=N–C) groups is 1. The summed E-state index contributed by atoms with van der Waals surface area (Å²) in [6.07, 6.45) is 4.39. The minimum Gasteiger partial charge on any atom is -0.392 e. The van der Waals surface area contributed by atoms with E-state index < -0.39 is 24.3 Å². The number of anilines is 2. The molecule has 2 aliphatic rings. The first-order valence-electron chi connectivity index (χ1n) is 15.5. The number of hydrazine groups is 1. The monoisotopic (exact) mass is 632 g/mol. The fraction of sp³-hybridized carbons (Fsp3) is 0.500. The topological polar surface area (TPSA) is 134 Å². The van der Waals surface area contributed by atoms with Crippen molar-refractivity contribution in [3.05, 3.63) is 58.3 Å². The molecule has 1 aliphatic heterocycles. The SMILES string of the molecule is C1CCCC1.CC.CC.CCNc1cc(-c2c(C(=NC)NN)cnn2C)cc(N2Cc3c(cc(CO)cc3C(F)(F)F)C2=O)n1. The number of hydrogen-bond donors (Lipinski definition) is 4. The highest BCUT2D eigenvalue weighted by molar-refractivity contribution is 6.10. The van der Waals surface area contributed by atoms with Gasteiger partial charge in [0.15, 0.2) is 0 Å². The summed E-state index contributed by atoms with van der Waals surface area (Å²) in [5.41, 5.74) is 3.11. The average molecular weight is 633 g/mol. The Bertz CT molecular complexity index is 1420. The summed E-state index contributed by atoms with van der Waals surface area (Å²) in [4.78, 5) is 23.1. The predicted molar refractivity (Wildman–Crippen MR) is 174 cm³/mol. The molecule has 248 valence electrons. The second-order valence-electron chi connectivity index (χ2n) is 9.86. The molecule has 3 aromatic rings. The van der Waals surface area contributed by atoms with Crippen molar-refractivity contribution in [2.75, 3.05) is 23.8 Å². The molecule has 5 N–H and O–H groups in total. The van der Waals surface area contributed by atoms with E-state index in [1.54, 1.807) is 37.1 Å². The van der Waals surface area contributed by atoms with E-state index in [0.29, 0.717) is 35.0 Å². The number of amidine groups is 1. The van der Waals surface area contributed by atoms with E-state index in [2.05, 4.69) is 25.8 Å². The van der Waals surface area contributed by atoms with Crippen molar-refractivity contribution in [3.63, 3.8) is 0 Å². The second kappa shape index (κ2) is 17.5. The number of halogens is 3. The van der Waals surface area contributed by atoms with Crippen molar-refractivity contribution in [2.24, 2.45) is 17.9 Å². The number of nitrogens with two attached hydrogens (primary N) is 1. The van der Waals surface area contributed by atoms with Crippen molar-refractivity contribution in [1.29, 1.82) is 0 Å². The smallest absolute Gasteiger partial charge is 0.392 e. The zero-order valence-electron chi connectivity index (χ0n) is 27.3. The van der Waals surface area contributed by atoms with Crippen LogP contribution in [-0.4, -0.2) is 45.2 Å². The number of hydrogen-bond acceptors (Lipinski definition) is 7. The molecule has 0 atom stereocenters. The molecule has 1 amide bonds. The van der Waals surface area contributed by atoms with Crippen LogP contribution in [-0.2, 0) is 26.4 Å². The molecule has 13 heteroatoms. The lowest BCUT2D eigenvalue weighted by molar-refractivity contribution is -0.138. The van der Waals surface area contributed by atoms with Crippen molar-refractivity contribution < 1.29 is 23.1 Å². The third-order valence-electron chi connectivity index (χ3n) is 7.11. The van der Waals surface area contributed by atoms with Gasteiger partial charge in [-0.15, -0.1) is 0 Å². The summed E-state index contributed by atoms with van der Waals surface area (Å²) >= 11 is 0. The maximum absolute atomic E-state index is 13.8. The lowest BCUT2D eigenvalue weighted by Crippen LogP contribution is -2.31. The Hall–Kier alpha value is -3.97. The third-order valence-corrected chi connectivity index (χ3v) is 7.11. The van der Waals surface area contributed by atoms with E-state index in [0.717, 1.165) is 6.07 Å². The molecule has 2 aromatic heterocycles. The average Bonchev–Trinajstić information content (AvgIpc) is 3.81. The number of nitrogens with zero attached hydrogens (tertiary/aromatic N) is 5. The van der Waals surface area contributed by atoms with Crippen LogP contribution in [0.4, 0.5) is 24.8 Å². The number of alkyl halides is 3. The van der Waals surface area contributed by atoms with Gasteiger partial charge < -0.3 is 15.8 Å². The van der Waals surface area contributed by atoms with Crippen LogP contribution in [0.2, 0.25) is 0 Å². The van der Waals surface area contributed by atoms with Gasteiger partial charge in [-0.05, 0) is 42.3 Å². The Kier molecular flexibility index (Phi) is 14.5. The zero-order chi connectivity index (χ0) is 33.7. The molecule has 1 fully saturated rings. The molecular weight excluding hydrogens is 585 g/mol. The molecule has 10 nitrogen and oxygen atoms in total. The summed E-state index contributed by atoms with van der Waals surface area (Å²) in [7, 11) is 3.28. The molecule has 3 heterocycles. The molecule has 0 radical (unpaired) electrons. The van der Waals surface area contributed by atoms with Gasteiger partial charge in [0.25, 0.3) is 5.91 Å². The van der Waals surface area contributed by atoms with E-state index in [-0.39, 0.29) is 29.1 Å². The first-order valence-corrected chi connectivity index (χ1v) is 15.5. The number of aliphatic hydroxyl groups is 1. The molecule has 0 saturated heterocycles. The van der Waals surface area contributed by atoms with Crippen molar-refractivity contribution in [1.82, 2.24) is 20.2 Å². The van der Waals surface area contributed by atoms with Crippen LogP contribution in [0.15, 0.2) is 35.5 Å². The highest BCUT2D eigenvalue weighted by Gasteiger charge is 2.41. The van der Waals surface area contributed by atoms with Crippen LogP contribution in [0.3, 0.4) is 0 Å². The van der Waals surface area contributed by atoms with E-state index in [9.17, 15) is 23.1 Å². The van der Waals surface area contributed by atoms with Crippen LogP contribution in [0.5, 0.6) is 0 Å². The number of pyridine rings is 1. The van der Waals surface area contributed by atoms with Crippen LogP contribution in [0.25, 0.3) is 11.3 Å². The molecule has 1 aromatic carbocycles. The first-order chi connectivity index (χ1) is 21.6. The van der Waals surface area contributed by atoms with Gasteiger partial charge in [-0.3, -0.25) is 19.4 Å². The second-order valence-corrected chi connectivity index (χ2v) is 9.86. The standard InChI is InChI=1S/C23H25F3N8O2.C5H10.2C2H6/c1-4-29-18-7-13(20-15(9-30-33(20)3)21(28-2)32-27)8-19(31-18)34-10-16-14(22(34)36)5-12(11-35)6-17(16)23(24,25)26;1-2-4-5-3-1;2*1-2/h5-9,35H,4,10-11,27H2,1-3H3,(H,28,32)(H,29,31);1-5H2;2*1-2H3. The number of aromatic nitrogens is 3.